The highest BCUT2D eigenvalue weighted by Gasteiger charge is 2.60. The van der Waals surface area contributed by atoms with Crippen LogP contribution in [0.2, 0.25) is 0 Å². The Morgan fingerprint density at radius 3 is 2.25 bits per heavy atom. The molecule has 0 radical (unpaired) electrons. The fraction of sp³-hybridized carbons (Fsp3) is 0.562. The summed E-state index contributed by atoms with van der Waals surface area (Å²) in [7, 11) is 0. The summed E-state index contributed by atoms with van der Waals surface area (Å²) in [5.41, 5.74) is 0.902. The Bertz CT molecular complexity index is 1340. The van der Waals surface area contributed by atoms with Crippen LogP contribution in [0.3, 0.4) is 0 Å². The Labute approximate surface area is 257 Å². The van der Waals surface area contributed by atoms with E-state index in [4.69, 9.17) is 9.72 Å². The number of amides is 3. The molecule has 12 nitrogen and oxygen atoms in total. The van der Waals surface area contributed by atoms with Crippen LogP contribution >= 0.6 is 0 Å². The smallest absolute Gasteiger partial charge is 0.409 e. The maximum atomic E-state index is 13.7. The molecule has 3 heterocycles. The van der Waals surface area contributed by atoms with E-state index in [1.807, 2.05) is 49.1 Å². The molecule has 1 unspecified atom stereocenters. The van der Waals surface area contributed by atoms with Crippen molar-refractivity contribution in [2.75, 3.05) is 50.8 Å². The first-order chi connectivity index (χ1) is 21.3. The number of carboxylic acid groups (broad SMARTS) is 1. The van der Waals surface area contributed by atoms with Crippen molar-refractivity contribution >= 4 is 29.7 Å². The summed E-state index contributed by atoms with van der Waals surface area (Å²) in [6, 6.07) is 10.3. The van der Waals surface area contributed by atoms with E-state index in [-0.39, 0.29) is 35.4 Å². The maximum Gasteiger partial charge on any atom is 0.409 e. The third-order valence-electron chi connectivity index (χ3n) is 8.80. The lowest BCUT2D eigenvalue weighted by molar-refractivity contribution is -0.139. The molecule has 1 saturated carbocycles. The SMILES string of the molecule is CCCCOC(=O)N1CCN(C(=O)[C@H](CCCC)NC(=O)c2cc(N3C[C@@H]4C(C(=O)O)[C@@H]4C3)nc(-c3ccccc3)n2)CC1. The number of hydrogen-bond acceptors (Lipinski definition) is 8. The van der Waals surface area contributed by atoms with E-state index in [1.165, 1.54) is 0 Å². The highest BCUT2D eigenvalue weighted by Crippen LogP contribution is 2.52. The number of rotatable bonds is 12. The number of ether oxygens (including phenoxy) is 1. The summed E-state index contributed by atoms with van der Waals surface area (Å²) in [5.74, 6) is -0.606. The third kappa shape index (κ3) is 7.11. The van der Waals surface area contributed by atoms with Crippen molar-refractivity contribution in [3.63, 3.8) is 0 Å². The van der Waals surface area contributed by atoms with Gasteiger partial charge >= 0.3 is 12.1 Å². The number of anilines is 1. The molecule has 0 bridgehead atoms. The molecule has 2 aliphatic heterocycles. The van der Waals surface area contributed by atoms with Gasteiger partial charge in [-0.2, -0.15) is 0 Å². The Hall–Kier alpha value is -4.22. The summed E-state index contributed by atoms with van der Waals surface area (Å²) in [4.78, 5) is 65.8. The normalized spacial score (nSPS) is 21.4. The molecule has 236 valence electrons. The van der Waals surface area contributed by atoms with Crippen molar-refractivity contribution in [1.29, 1.82) is 0 Å². The molecule has 5 rings (SSSR count). The number of carbonyl (C=O) groups excluding carboxylic acids is 3. The van der Waals surface area contributed by atoms with Crippen molar-refractivity contribution in [2.24, 2.45) is 17.8 Å². The zero-order chi connectivity index (χ0) is 31.2. The fourth-order valence-electron chi connectivity index (χ4n) is 6.13. The van der Waals surface area contributed by atoms with E-state index >= 15 is 0 Å². The van der Waals surface area contributed by atoms with Crippen LogP contribution < -0.4 is 10.2 Å². The van der Waals surface area contributed by atoms with Gasteiger partial charge in [0.25, 0.3) is 5.91 Å². The molecule has 44 heavy (non-hydrogen) atoms. The zero-order valence-corrected chi connectivity index (χ0v) is 25.5. The second-order valence-corrected chi connectivity index (χ2v) is 11.8. The lowest BCUT2D eigenvalue weighted by Crippen LogP contribution is -2.56. The number of nitrogens with zero attached hydrogens (tertiary/aromatic N) is 5. The van der Waals surface area contributed by atoms with Crippen LogP contribution in [-0.4, -0.2) is 101 Å². The zero-order valence-electron chi connectivity index (χ0n) is 25.5. The van der Waals surface area contributed by atoms with E-state index in [2.05, 4.69) is 10.3 Å². The number of aliphatic carboxylic acids is 1. The number of carboxylic acids is 1. The van der Waals surface area contributed by atoms with Gasteiger partial charge in [0.2, 0.25) is 5.91 Å². The van der Waals surface area contributed by atoms with Gasteiger partial charge in [-0.15, -0.1) is 0 Å². The molecule has 12 heteroatoms. The number of nitrogens with one attached hydrogen (secondary N) is 1. The van der Waals surface area contributed by atoms with Gasteiger partial charge in [0.1, 0.15) is 17.6 Å². The van der Waals surface area contributed by atoms with Gasteiger partial charge in [-0.1, -0.05) is 63.4 Å². The van der Waals surface area contributed by atoms with E-state index in [0.717, 1.165) is 31.2 Å². The highest BCUT2D eigenvalue weighted by atomic mass is 16.6. The van der Waals surface area contributed by atoms with Crippen molar-refractivity contribution in [3.8, 4) is 11.4 Å². The molecule has 2 N–H and O–H groups in total. The predicted octanol–water partition coefficient (Wildman–Crippen LogP) is 3.28. The number of carbonyl (C=O) groups is 4. The van der Waals surface area contributed by atoms with E-state index < -0.39 is 17.9 Å². The van der Waals surface area contributed by atoms with Crippen LogP contribution in [0.25, 0.3) is 11.4 Å². The first-order valence-electron chi connectivity index (χ1n) is 15.7. The van der Waals surface area contributed by atoms with Gasteiger partial charge in [0.05, 0.1) is 12.5 Å². The number of benzene rings is 1. The summed E-state index contributed by atoms with van der Waals surface area (Å²) in [5, 5.41) is 12.4. The number of fused-ring (bicyclic) bond motifs is 1. The summed E-state index contributed by atoms with van der Waals surface area (Å²) in [6.45, 7) is 7.06. The molecular formula is C32H42N6O6. The van der Waals surface area contributed by atoms with Gasteiger partial charge in [0.15, 0.2) is 5.82 Å². The Kier molecular flexibility index (Phi) is 9.96. The molecule has 2 saturated heterocycles. The largest absolute Gasteiger partial charge is 0.481 e. The number of piperidine rings is 1. The van der Waals surface area contributed by atoms with Crippen LogP contribution in [0.1, 0.15) is 56.4 Å². The molecule has 1 aliphatic carbocycles. The van der Waals surface area contributed by atoms with Gasteiger partial charge < -0.3 is 29.9 Å². The van der Waals surface area contributed by atoms with E-state index in [9.17, 15) is 24.3 Å². The summed E-state index contributed by atoms with van der Waals surface area (Å²) in [6.07, 6.45) is 3.50. The quantitative estimate of drug-likeness (QED) is 0.348. The average Bonchev–Trinajstić information content (AvgIpc) is 3.57. The number of hydrogen-bond donors (Lipinski definition) is 2. The molecule has 4 atom stereocenters. The van der Waals surface area contributed by atoms with Crippen LogP contribution in [-0.2, 0) is 14.3 Å². The van der Waals surface area contributed by atoms with Gasteiger partial charge in [-0.3, -0.25) is 14.4 Å². The highest BCUT2D eigenvalue weighted by molar-refractivity contribution is 5.97. The Morgan fingerprint density at radius 1 is 0.955 bits per heavy atom. The maximum absolute atomic E-state index is 13.7. The van der Waals surface area contributed by atoms with Crippen LogP contribution in [0.4, 0.5) is 10.6 Å². The van der Waals surface area contributed by atoms with Gasteiger partial charge in [-0.05, 0) is 24.7 Å². The minimum Gasteiger partial charge on any atom is -0.481 e. The van der Waals surface area contributed by atoms with Crippen LogP contribution in [0.5, 0.6) is 0 Å². The lowest BCUT2D eigenvalue weighted by atomic mass is 10.1. The standard InChI is InChI=1S/C32H42N6O6/c1-3-5-12-24(30(40)36-13-15-37(16-14-36)32(43)44-17-6-4-2)34-29(39)25-18-26(35-28(33-25)21-10-8-7-9-11-21)38-19-22-23(20-38)27(22)31(41)42/h7-11,18,22-24,27H,3-6,12-17,19-20H2,1-2H3,(H,34,39)(H,41,42)/t22-,23+,24-,27?/m0/s1. The topological polar surface area (TPSA) is 145 Å². The minimum atomic E-state index is -0.761. The second-order valence-electron chi connectivity index (χ2n) is 11.8. The third-order valence-corrected chi connectivity index (χ3v) is 8.80. The summed E-state index contributed by atoms with van der Waals surface area (Å²) >= 11 is 0. The molecule has 1 aromatic carbocycles. The molecule has 1 aromatic heterocycles. The van der Waals surface area contributed by atoms with Crippen LogP contribution in [0.15, 0.2) is 36.4 Å². The summed E-state index contributed by atoms with van der Waals surface area (Å²) < 4.78 is 5.32. The van der Waals surface area contributed by atoms with Crippen molar-refractivity contribution < 1.29 is 29.0 Å². The second kappa shape index (κ2) is 14.0. The first-order valence-corrected chi connectivity index (χ1v) is 15.7. The Morgan fingerprint density at radius 2 is 1.61 bits per heavy atom. The number of aromatic nitrogens is 2. The fourth-order valence-corrected chi connectivity index (χ4v) is 6.13. The molecule has 3 amide bonds. The Balaban J connectivity index is 1.29. The molecule has 3 fully saturated rings. The van der Waals surface area contributed by atoms with Crippen molar-refractivity contribution in [2.45, 2.75) is 52.0 Å². The van der Waals surface area contributed by atoms with Gasteiger partial charge in [0, 0.05) is 50.9 Å². The minimum absolute atomic E-state index is 0.0784. The van der Waals surface area contributed by atoms with Gasteiger partial charge in [-0.25, -0.2) is 14.8 Å². The molecular weight excluding hydrogens is 564 g/mol. The van der Waals surface area contributed by atoms with Crippen molar-refractivity contribution in [3.05, 3.63) is 42.1 Å². The molecule has 2 aromatic rings. The van der Waals surface area contributed by atoms with Crippen LogP contribution in [0, 0.1) is 17.8 Å². The predicted molar refractivity (Wildman–Crippen MR) is 163 cm³/mol. The first kappa shape index (κ1) is 31.2. The lowest BCUT2D eigenvalue weighted by Gasteiger charge is -2.36. The van der Waals surface area contributed by atoms with E-state index in [1.54, 1.807) is 15.9 Å². The molecule has 3 aliphatic rings. The number of piperazine rings is 1. The molecule has 0 spiro atoms. The number of unbranched alkanes of at least 4 members (excludes halogenated alkanes) is 2. The monoisotopic (exact) mass is 606 g/mol. The van der Waals surface area contributed by atoms with E-state index in [0.29, 0.717) is 63.9 Å². The average molecular weight is 607 g/mol. The van der Waals surface area contributed by atoms with Crippen molar-refractivity contribution in [1.82, 2.24) is 25.1 Å².